The van der Waals surface area contributed by atoms with E-state index in [1.54, 1.807) is 7.11 Å². The van der Waals surface area contributed by atoms with Gasteiger partial charge in [0.1, 0.15) is 0 Å². The maximum absolute atomic E-state index is 12.0. The average molecular weight is 300 g/mol. The number of nitrogens with zero attached hydrogens (tertiary/aromatic N) is 2. The van der Waals surface area contributed by atoms with E-state index >= 15 is 0 Å². The number of rotatable bonds is 8. The van der Waals surface area contributed by atoms with E-state index in [0.717, 1.165) is 32.6 Å². The molecule has 0 aromatic carbocycles. The normalized spacial score (nSPS) is 19.5. The number of nitrogens with two attached hydrogens (primary N) is 1. The third-order valence-electron chi connectivity index (χ3n) is 4.25. The summed E-state index contributed by atoms with van der Waals surface area (Å²) in [6.07, 6.45) is 1.47. The highest BCUT2D eigenvalue weighted by Crippen LogP contribution is 2.15. The van der Waals surface area contributed by atoms with Crippen LogP contribution < -0.4 is 11.1 Å². The Balaban J connectivity index is 2.33. The van der Waals surface area contributed by atoms with Gasteiger partial charge in [0.2, 0.25) is 5.91 Å². The maximum atomic E-state index is 12.0. The van der Waals surface area contributed by atoms with Crippen molar-refractivity contribution < 1.29 is 9.53 Å². The maximum Gasteiger partial charge on any atom is 0.236 e. The Hall–Kier alpha value is -0.690. The smallest absolute Gasteiger partial charge is 0.236 e. The summed E-state index contributed by atoms with van der Waals surface area (Å²) < 4.78 is 4.98. The SMILES string of the molecule is COCCCC(N)C(=O)NCC(C)(C)N1CCN(C)CC1. The molecule has 124 valence electrons. The first-order chi connectivity index (χ1) is 9.86. The molecule has 1 rings (SSSR count). The van der Waals surface area contributed by atoms with Crippen molar-refractivity contribution in [3.8, 4) is 0 Å². The van der Waals surface area contributed by atoms with Crippen molar-refractivity contribution in [3.05, 3.63) is 0 Å². The van der Waals surface area contributed by atoms with E-state index < -0.39 is 6.04 Å². The molecular weight excluding hydrogens is 268 g/mol. The van der Waals surface area contributed by atoms with Crippen LogP contribution in [-0.2, 0) is 9.53 Å². The summed E-state index contributed by atoms with van der Waals surface area (Å²) in [5.41, 5.74) is 5.86. The van der Waals surface area contributed by atoms with Crippen LogP contribution in [0, 0.1) is 0 Å². The standard InChI is InChI=1S/C15H32N4O2/c1-15(2,19-9-7-18(3)8-10-19)12-17-14(20)13(16)6-5-11-21-4/h13H,5-12,16H2,1-4H3,(H,17,20). The second-order valence-electron chi connectivity index (χ2n) is 6.56. The number of amides is 1. The quantitative estimate of drug-likeness (QED) is 0.612. The Morgan fingerprint density at radius 2 is 1.95 bits per heavy atom. The largest absolute Gasteiger partial charge is 0.385 e. The number of carbonyl (C=O) groups is 1. The first-order valence-corrected chi connectivity index (χ1v) is 7.82. The van der Waals surface area contributed by atoms with Gasteiger partial charge in [0, 0.05) is 52.0 Å². The molecule has 21 heavy (non-hydrogen) atoms. The molecule has 0 aliphatic carbocycles. The molecule has 0 radical (unpaired) electrons. The van der Waals surface area contributed by atoms with Crippen LogP contribution in [0.5, 0.6) is 0 Å². The van der Waals surface area contributed by atoms with Crippen LogP contribution in [0.1, 0.15) is 26.7 Å². The predicted molar refractivity (Wildman–Crippen MR) is 85.2 cm³/mol. The minimum atomic E-state index is -0.441. The second kappa shape index (κ2) is 8.68. The summed E-state index contributed by atoms with van der Waals surface area (Å²) >= 11 is 0. The Morgan fingerprint density at radius 1 is 1.33 bits per heavy atom. The number of carbonyl (C=O) groups excluding carboxylic acids is 1. The summed E-state index contributed by atoms with van der Waals surface area (Å²) in [5.74, 6) is -0.0618. The van der Waals surface area contributed by atoms with Crippen molar-refractivity contribution in [2.24, 2.45) is 5.73 Å². The minimum Gasteiger partial charge on any atom is -0.385 e. The number of methoxy groups -OCH3 is 1. The number of hydrogen-bond acceptors (Lipinski definition) is 5. The van der Waals surface area contributed by atoms with Gasteiger partial charge in [0.25, 0.3) is 0 Å². The van der Waals surface area contributed by atoms with Crippen LogP contribution in [0.3, 0.4) is 0 Å². The average Bonchev–Trinajstić information content (AvgIpc) is 2.45. The van der Waals surface area contributed by atoms with Crippen molar-refractivity contribution >= 4 is 5.91 Å². The van der Waals surface area contributed by atoms with Gasteiger partial charge in [-0.25, -0.2) is 0 Å². The highest BCUT2D eigenvalue weighted by Gasteiger charge is 2.29. The van der Waals surface area contributed by atoms with Gasteiger partial charge < -0.3 is 20.7 Å². The van der Waals surface area contributed by atoms with Crippen LogP contribution in [0.15, 0.2) is 0 Å². The molecule has 1 atom stereocenters. The zero-order chi connectivity index (χ0) is 15.9. The van der Waals surface area contributed by atoms with Gasteiger partial charge in [0.15, 0.2) is 0 Å². The van der Waals surface area contributed by atoms with Gasteiger partial charge in [-0.1, -0.05) is 0 Å². The number of piperazine rings is 1. The minimum absolute atomic E-state index is 0.0385. The highest BCUT2D eigenvalue weighted by molar-refractivity contribution is 5.81. The highest BCUT2D eigenvalue weighted by atomic mass is 16.5. The molecule has 0 aromatic rings. The van der Waals surface area contributed by atoms with Crippen molar-refractivity contribution in [2.45, 2.75) is 38.3 Å². The fourth-order valence-electron chi connectivity index (χ4n) is 2.54. The summed E-state index contributed by atoms with van der Waals surface area (Å²) in [5, 5.41) is 3.00. The van der Waals surface area contributed by atoms with E-state index in [9.17, 15) is 4.79 Å². The van der Waals surface area contributed by atoms with E-state index in [1.807, 2.05) is 0 Å². The number of nitrogens with one attached hydrogen (secondary N) is 1. The Kier molecular flexibility index (Phi) is 7.59. The van der Waals surface area contributed by atoms with E-state index in [4.69, 9.17) is 10.5 Å². The molecule has 1 unspecified atom stereocenters. The zero-order valence-corrected chi connectivity index (χ0v) is 14.0. The lowest BCUT2D eigenvalue weighted by molar-refractivity contribution is -0.123. The Bertz CT molecular complexity index is 315. The summed E-state index contributed by atoms with van der Waals surface area (Å²) in [4.78, 5) is 16.8. The molecule has 0 spiro atoms. The molecule has 0 saturated carbocycles. The first-order valence-electron chi connectivity index (χ1n) is 7.82. The van der Waals surface area contributed by atoms with E-state index in [0.29, 0.717) is 19.6 Å². The third kappa shape index (κ3) is 6.30. The molecular formula is C15H32N4O2. The lowest BCUT2D eigenvalue weighted by Crippen LogP contribution is -2.58. The van der Waals surface area contributed by atoms with Crippen LogP contribution in [0.25, 0.3) is 0 Å². The second-order valence-corrected chi connectivity index (χ2v) is 6.56. The third-order valence-corrected chi connectivity index (χ3v) is 4.25. The molecule has 3 N–H and O–H groups in total. The molecule has 1 fully saturated rings. The summed E-state index contributed by atoms with van der Waals surface area (Å²) in [6, 6.07) is -0.441. The number of hydrogen-bond donors (Lipinski definition) is 2. The van der Waals surface area contributed by atoms with Crippen LogP contribution >= 0.6 is 0 Å². The van der Waals surface area contributed by atoms with Gasteiger partial charge in [-0.2, -0.15) is 0 Å². The Morgan fingerprint density at radius 3 is 2.52 bits per heavy atom. The molecule has 0 bridgehead atoms. The molecule has 0 aromatic heterocycles. The van der Waals surface area contributed by atoms with Crippen molar-refractivity contribution in [1.29, 1.82) is 0 Å². The van der Waals surface area contributed by atoms with E-state index in [-0.39, 0.29) is 11.4 Å². The van der Waals surface area contributed by atoms with Crippen molar-refractivity contribution in [1.82, 2.24) is 15.1 Å². The molecule has 6 heteroatoms. The monoisotopic (exact) mass is 300 g/mol. The molecule has 1 saturated heterocycles. The van der Waals surface area contributed by atoms with Crippen molar-refractivity contribution in [2.75, 3.05) is 53.5 Å². The number of ether oxygens (including phenoxy) is 1. The summed E-state index contributed by atoms with van der Waals surface area (Å²) in [6.45, 7) is 9.87. The van der Waals surface area contributed by atoms with Crippen LogP contribution in [-0.4, -0.2) is 80.8 Å². The van der Waals surface area contributed by atoms with Crippen LogP contribution in [0.2, 0.25) is 0 Å². The molecule has 1 heterocycles. The van der Waals surface area contributed by atoms with E-state index in [1.165, 1.54) is 0 Å². The van der Waals surface area contributed by atoms with Gasteiger partial charge in [-0.3, -0.25) is 9.69 Å². The van der Waals surface area contributed by atoms with Gasteiger partial charge >= 0.3 is 0 Å². The van der Waals surface area contributed by atoms with Crippen molar-refractivity contribution in [3.63, 3.8) is 0 Å². The first kappa shape index (κ1) is 18.4. The molecule has 1 amide bonds. The topological polar surface area (TPSA) is 70.8 Å². The number of likely N-dealkylation sites (N-methyl/N-ethyl adjacent to an activating group) is 1. The lowest BCUT2D eigenvalue weighted by Gasteiger charge is -2.43. The fourth-order valence-corrected chi connectivity index (χ4v) is 2.54. The molecule has 1 aliphatic rings. The zero-order valence-electron chi connectivity index (χ0n) is 14.0. The van der Waals surface area contributed by atoms with Gasteiger partial charge in [-0.05, 0) is 33.7 Å². The van der Waals surface area contributed by atoms with Gasteiger partial charge in [0.05, 0.1) is 6.04 Å². The predicted octanol–water partition coefficient (Wildman–Crippen LogP) is -0.117. The van der Waals surface area contributed by atoms with Gasteiger partial charge in [-0.15, -0.1) is 0 Å². The Labute approximate surface area is 129 Å². The fraction of sp³-hybridized carbons (Fsp3) is 0.933. The molecule has 6 nitrogen and oxygen atoms in total. The van der Waals surface area contributed by atoms with Crippen LogP contribution in [0.4, 0.5) is 0 Å². The molecule has 1 aliphatic heterocycles. The lowest BCUT2D eigenvalue weighted by atomic mass is 10.0. The van der Waals surface area contributed by atoms with E-state index in [2.05, 4.69) is 36.0 Å². The summed E-state index contributed by atoms with van der Waals surface area (Å²) in [7, 11) is 3.80.